The molecule has 1 atom stereocenters. The van der Waals surface area contributed by atoms with Crippen LogP contribution in [0.5, 0.6) is 0 Å². The molecule has 0 spiro atoms. The Kier molecular flexibility index (Phi) is 3.20. The molecule has 1 aliphatic rings. The normalized spacial score (nSPS) is 17.3. The Balaban J connectivity index is 1.88. The highest BCUT2D eigenvalue weighted by atomic mass is 16.2. The second-order valence-electron chi connectivity index (χ2n) is 5.69. The number of aromatic amines is 2. The van der Waals surface area contributed by atoms with Crippen LogP contribution >= 0.6 is 0 Å². The molecule has 0 saturated carbocycles. The van der Waals surface area contributed by atoms with Gasteiger partial charge >= 0.3 is 5.69 Å². The summed E-state index contributed by atoms with van der Waals surface area (Å²) in [6, 6.07) is 1.81. The van der Waals surface area contributed by atoms with E-state index >= 15 is 0 Å². The molecular formula is C16H14N6O2. The zero-order valence-electron chi connectivity index (χ0n) is 12.7. The third-order valence-corrected chi connectivity index (χ3v) is 4.20. The number of H-pyrrole nitrogens is 2. The fourth-order valence-corrected chi connectivity index (χ4v) is 2.98. The van der Waals surface area contributed by atoms with Gasteiger partial charge in [-0.2, -0.15) is 5.10 Å². The monoisotopic (exact) mass is 322 g/mol. The van der Waals surface area contributed by atoms with E-state index in [2.05, 4.69) is 30.9 Å². The number of imidazole rings is 1. The summed E-state index contributed by atoms with van der Waals surface area (Å²) in [5.74, 6) is 2.99. The van der Waals surface area contributed by atoms with Crippen LogP contribution in [-0.4, -0.2) is 37.7 Å². The number of rotatable bonds is 2. The Morgan fingerprint density at radius 3 is 3.00 bits per heavy atom. The van der Waals surface area contributed by atoms with Gasteiger partial charge in [0.1, 0.15) is 5.69 Å². The van der Waals surface area contributed by atoms with Crippen molar-refractivity contribution in [1.29, 1.82) is 0 Å². The number of nitrogens with zero attached hydrogens (tertiary/aromatic N) is 4. The van der Waals surface area contributed by atoms with E-state index in [1.165, 1.54) is 6.20 Å². The number of hydrogen-bond donors (Lipinski definition) is 2. The second kappa shape index (κ2) is 5.38. The van der Waals surface area contributed by atoms with E-state index < -0.39 is 11.2 Å². The van der Waals surface area contributed by atoms with Crippen molar-refractivity contribution in [3.05, 3.63) is 45.5 Å². The molecule has 3 aromatic heterocycles. The van der Waals surface area contributed by atoms with E-state index in [-0.39, 0.29) is 5.92 Å². The molecule has 8 heteroatoms. The van der Waals surface area contributed by atoms with Crippen molar-refractivity contribution in [2.75, 3.05) is 18.0 Å². The molecule has 24 heavy (non-hydrogen) atoms. The molecule has 4 rings (SSSR count). The summed E-state index contributed by atoms with van der Waals surface area (Å²) in [6.45, 7) is 1.56. The molecule has 1 aliphatic heterocycles. The van der Waals surface area contributed by atoms with Crippen molar-refractivity contribution >= 4 is 11.3 Å². The maximum atomic E-state index is 12.1. The largest absolute Gasteiger partial charge is 0.367 e. The quantitative estimate of drug-likeness (QED) is 0.658. The van der Waals surface area contributed by atoms with Crippen molar-refractivity contribution in [2.24, 2.45) is 5.92 Å². The molecule has 120 valence electrons. The molecule has 1 unspecified atom stereocenters. The predicted octanol–water partition coefficient (Wildman–Crippen LogP) is 0.232. The van der Waals surface area contributed by atoms with Gasteiger partial charge in [0.2, 0.25) is 0 Å². The number of aromatic nitrogens is 5. The topological polar surface area (TPSA) is 99.2 Å². The third-order valence-electron chi connectivity index (χ3n) is 4.20. The molecule has 1 fully saturated rings. The molecule has 8 nitrogen and oxygen atoms in total. The summed E-state index contributed by atoms with van der Waals surface area (Å²) in [6.07, 6.45) is 11.2. The second-order valence-corrected chi connectivity index (χ2v) is 5.69. The van der Waals surface area contributed by atoms with Crippen LogP contribution < -0.4 is 16.1 Å². The Hall–Kier alpha value is -3.34. The van der Waals surface area contributed by atoms with Gasteiger partial charge in [-0.15, -0.1) is 12.3 Å². The van der Waals surface area contributed by atoms with E-state index in [0.29, 0.717) is 16.9 Å². The highest BCUT2D eigenvalue weighted by Gasteiger charge is 2.24. The minimum atomic E-state index is -0.552. The van der Waals surface area contributed by atoms with E-state index in [0.717, 1.165) is 25.2 Å². The zero-order chi connectivity index (χ0) is 16.7. The van der Waals surface area contributed by atoms with Gasteiger partial charge in [-0.3, -0.25) is 9.78 Å². The van der Waals surface area contributed by atoms with Crippen molar-refractivity contribution in [3.63, 3.8) is 0 Å². The van der Waals surface area contributed by atoms with Crippen molar-refractivity contribution in [3.8, 4) is 23.6 Å². The number of fused-ring (bicyclic) bond motifs is 1. The number of terminal acetylenes is 1. The van der Waals surface area contributed by atoms with Crippen LogP contribution in [0.2, 0.25) is 0 Å². The van der Waals surface area contributed by atoms with Gasteiger partial charge in [0.25, 0.3) is 5.56 Å². The van der Waals surface area contributed by atoms with Crippen molar-refractivity contribution < 1.29 is 0 Å². The highest BCUT2D eigenvalue weighted by molar-refractivity contribution is 5.74. The lowest BCUT2D eigenvalue weighted by atomic mass is 10.1. The fraction of sp³-hybridized carbons (Fsp3) is 0.250. The van der Waals surface area contributed by atoms with E-state index in [4.69, 9.17) is 6.42 Å². The molecule has 0 amide bonds. The van der Waals surface area contributed by atoms with Gasteiger partial charge in [0, 0.05) is 37.6 Å². The predicted molar refractivity (Wildman–Crippen MR) is 88.8 cm³/mol. The number of nitrogens with one attached hydrogen (secondary N) is 2. The van der Waals surface area contributed by atoms with Crippen LogP contribution in [0.25, 0.3) is 16.9 Å². The Morgan fingerprint density at radius 2 is 2.25 bits per heavy atom. The summed E-state index contributed by atoms with van der Waals surface area (Å²) in [5, 5.41) is 4.41. The number of anilines is 1. The average molecular weight is 322 g/mol. The summed E-state index contributed by atoms with van der Waals surface area (Å²) in [4.78, 5) is 34.5. The van der Waals surface area contributed by atoms with Gasteiger partial charge < -0.3 is 9.88 Å². The van der Waals surface area contributed by atoms with E-state index in [9.17, 15) is 9.59 Å². The Bertz CT molecular complexity index is 1070. The van der Waals surface area contributed by atoms with Gasteiger partial charge in [-0.25, -0.2) is 14.3 Å². The van der Waals surface area contributed by atoms with Crippen LogP contribution in [0.3, 0.4) is 0 Å². The minimum absolute atomic E-state index is 0.202. The Morgan fingerprint density at radius 1 is 1.38 bits per heavy atom. The molecule has 0 aliphatic carbocycles. The van der Waals surface area contributed by atoms with Gasteiger partial charge in [-0.1, -0.05) is 0 Å². The van der Waals surface area contributed by atoms with E-state index in [1.54, 1.807) is 16.9 Å². The lowest BCUT2D eigenvalue weighted by Crippen LogP contribution is -2.24. The first-order valence-corrected chi connectivity index (χ1v) is 7.53. The van der Waals surface area contributed by atoms with Gasteiger partial charge in [0.15, 0.2) is 5.65 Å². The van der Waals surface area contributed by atoms with Crippen LogP contribution in [0.15, 0.2) is 34.2 Å². The molecule has 0 radical (unpaired) electrons. The summed E-state index contributed by atoms with van der Waals surface area (Å²) in [5.41, 5.74) is 1.28. The van der Waals surface area contributed by atoms with Crippen LogP contribution in [0.4, 0.5) is 5.69 Å². The first-order chi connectivity index (χ1) is 11.7. The summed E-state index contributed by atoms with van der Waals surface area (Å²) >= 11 is 0. The average Bonchev–Trinajstić information content (AvgIpc) is 3.23. The molecule has 3 aromatic rings. The Labute approximate surface area is 136 Å². The molecule has 4 heterocycles. The standard InChI is InChI=1S/C16H14N6O2/c1-2-10-3-5-21(9-10)13-7-12(20-22-6-4-17-14(13)22)11-8-18-16(24)19-15(11)23/h1,4,6-8,10H,3,5,9H2,(H2,18,19,23,24). The van der Waals surface area contributed by atoms with Crippen LogP contribution in [0.1, 0.15) is 6.42 Å². The zero-order valence-corrected chi connectivity index (χ0v) is 12.7. The first-order valence-electron chi connectivity index (χ1n) is 7.53. The smallest absolute Gasteiger partial charge is 0.325 e. The first kappa shape index (κ1) is 14.3. The SMILES string of the molecule is C#CC1CCN(c2cc(-c3c[nH]c(=O)[nH]c3=O)nn3ccnc23)C1. The third kappa shape index (κ3) is 2.27. The van der Waals surface area contributed by atoms with Crippen molar-refractivity contribution in [2.45, 2.75) is 6.42 Å². The summed E-state index contributed by atoms with van der Waals surface area (Å²) < 4.78 is 1.62. The molecule has 2 N–H and O–H groups in total. The fourth-order valence-electron chi connectivity index (χ4n) is 2.98. The maximum Gasteiger partial charge on any atom is 0.325 e. The van der Waals surface area contributed by atoms with Gasteiger partial charge in [0.05, 0.1) is 11.3 Å². The lowest BCUT2D eigenvalue weighted by Gasteiger charge is -2.19. The lowest BCUT2D eigenvalue weighted by molar-refractivity contribution is 0.768. The molecule has 0 bridgehead atoms. The highest BCUT2D eigenvalue weighted by Crippen LogP contribution is 2.29. The molecule has 0 aromatic carbocycles. The number of hydrogen-bond acceptors (Lipinski definition) is 5. The minimum Gasteiger partial charge on any atom is -0.367 e. The maximum absolute atomic E-state index is 12.1. The van der Waals surface area contributed by atoms with E-state index in [1.807, 2.05) is 6.07 Å². The summed E-state index contributed by atoms with van der Waals surface area (Å²) in [7, 11) is 0. The van der Waals surface area contributed by atoms with Crippen LogP contribution in [-0.2, 0) is 0 Å². The van der Waals surface area contributed by atoms with Crippen LogP contribution in [0, 0.1) is 18.3 Å². The van der Waals surface area contributed by atoms with Crippen molar-refractivity contribution in [1.82, 2.24) is 24.6 Å². The molecule has 1 saturated heterocycles. The molecular weight excluding hydrogens is 308 g/mol. The van der Waals surface area contributed by atoms with Gasteiger partial charge in [-0.05, 0) is 12.5 Å².